The van der Waals surface area contributed by atoms with Crippen LogP contribution < -0.4 is 0 Å². The van der Waals surface area contributed by atoms with Gasteiger partial charge in [0.25, 0.3) is 0 Å². The highest BCUT2D eigenvalue weighted by molar-refractivity contribution is 7.99. The van der Waals surface area contributed by atoms with Crippen molar-refractivity contribution < 1.29 is 19.4 Å². The summed E-state index contributed by atoms with van der Waals surface area (Å²) in [5, 5.41) is 8.41. The minimum atomic E-state index is -0.723. The van der Waals surface area contributed by atoms with Crippen LogP contribution in [0.2, 0.25) is 0 Å². The minimum Gasteiger partial charge on any atom is -0.481 e. The van der Waals surface area contributed by atoms with Crippen molar-refractivity contribution in [2.75, 3.05) is 37.9 Å². The summed E-state index contributed by atoms with van der Waals surface area (Å²) < 4.78 is 10.6. The third kappa shape index (κ3) is 13.7. The van der Waals surface area contributed by atoms with Crippen molar-refractivity contribution in [3.63, 3.8) is 0 Å². The summed E-state index contributed by atoms with van der Waals surface area (Å²) in [6, 6.07) is 0. The van der Waals surface area contributed by atoms with Gasteiger partial charge in [-0.1, -0.05) is 0 Å². The number of carbonyl (C=O) groups is 1. The van der Waals surface area contributed by atoms with E-state index >= 15 is 0 Å². The molecular formula is C11H22O4S. The van der Waals surface area contributed by atoms with Crippen LogP contribution in [0.1, 0.15) is 26.2 Å². The fraction of sp³-hybridized carbons (Fsp3) is 0.909. The van der Waals surface area contributed by atoms with Crippen LogP contribution in [0.5, 0.6) is 0 Å². The normalized spacial score (nSPS) is 10.6. The molecule has 4 nitrogen and oxygen atoms in total. The van der Waals surface area contributed by atoms with E-state index in [9.17, 15) is 4.79 Å². The van der Waals surface area contributed by atoms with E-state index < -0.39 is 5.97 Å². The molecule has 0 heterocycles. The van der Waals surface area contributed by atoms with Crippen LogP contribution in [0.3, 0.4) is 0 Å². The Morgan fingerprint density at radius 1 is 1.12 bits per heavy atom. The Bertz CT molecular complexity index is 164. The van der Waals surface area contributed by atoms with Crippen molar-refractivity contribution in [1.29, 1.82) is 0 Å². The summed E-state index contributed by atoms with van der Waals surface area (Å²) in [6.45, 7) is 5.02. The van der Waals surface area contributed by atoms with Crippen LogP contribution in [0.4, 0.5) is 0 Å². The van der Waals surface area contributed by atoms with Gasteiger partial charge in [0.1, 0.15) is 0 Å². The zero-order valence-corrected chi connectivity index (χ0v) is 10.8. The van der Waals surface area contributed by atoms with E-state index in [2.05, 4.69) is 0 Å². The van der Waals surface area contributed by atoms with E-state index in [0.717, 1.165) is 45.0 Å². The van der Waals surface area contributed by atoms with Gasteiger partial charge in [-0.25, -0.2) is 0 Å². The van der Waals surface area contributed by atoms with E-state index in [0.29, 0.717) is 5.75 Å². The highest BCUT2D eigenvalue weighted by Gasteiger charge is 1.96. The molecule has 0 aromatic rings. The van der Waals surface area contributed by atoms with E-state index in [-0.39, 0.29) is 6.42 Å². The van der Waals surface area contributed by atoms with Gasteiger partial charge in [0, 0.05) is 32.2 Å². The van der Waals surface area contributed by atoms with Crippen molar-refractivity contribution in [2.45, 2.75) is 26.2 Å². The lowest BCUT2D eigenvalue weighted by atomic mass is 10.5. The Labute approximate surface area is 102 Å². The maximum absolute atomic E-state index is 10.2. The maximum Gasteiger partial charge on any atom is 0.304 e. The van der Waals surface area contributed by atoms with Crippen molar-refractivity contribution >= 4 is 17.7 Å². The fourth-order valence-electron chi connectivity index (χ4n) is 1.03. The SMILES string of the molecule is CCOCCCOCCCSCCC(=O)O. The second-order valence-corrected chi connectivity index (χ2v) is 4.50. The number of hydrogen-bond acceptors (Lipinski definition) is 4. The van der Waals surface area contributed by atoms with E-state index in [1.165, 1.54) is 0 Å². The van der Waals surface area contributed by atoms with Gasteiger partial charge in [-0.2, -0.15) is 11.8 Å². The molecule has 0 rings (SSSR count). The lowest BCUT2D eigenvalue weighted by Crippen LogP contribution is -2.03. The van der Waals surface area contributed by atoms with Gasteiger partial charge < -0.3 is 14.6 Å². The lowest BCUT2D eigenvalue weighted by molar-refractivity contribution is -0.136. The second kappa shape index (κ2) is 12.8. The highest BCUT2D eigenvalue weighted by Crippen LogP contribution is 2.04. The quantitative estimate of drug-likeness (QED) is 0.537. The van der Waals surface area contributed by atoms with Gasteiger partial charge in [-0.05, 0) is 25.5 Å². The molecular weight excluding hydrogens is 228 g/mol. The molecule has 16 heavy (non-hydrogen) atoms. The highest BCUT2D eigenvalue weighted by atomic mass is 32.2. The Balaban J connectivity index is 2.90. The molecule has 0 radical (unpaired) electrons. The number of aliphatic carboxylic acids is 1. The summed E-state index contributed by atoms with van der Waals surface area (Å²) in [5.41, 5.74) is 0. The number of rotatable bonds is 12. The van der Waals surface area contributed by atoms with Gasteiger partial charge in [0.05, 0.1) is 6.42 Å². The molecule has 0 fully saturated rings. The molecule has 0 aliphatic carbocycles. The molecule has 0 saturated carbocycles. The van der Waals surface area contributed by atoms with Crippen LogP contribution in [-0.4, -0.2) is 49.0 Å². The zero-order chi connectivity index (χ0) is 12.1. The molecule has 0 aromatic heterocycles. The molecule has 1 N–H and O–H groups in total. The molecule has 0 spiro atoms. The van der Waals surface area contributed by atoms with Crippen LogP contribution in [0, 0.1) is 0 Å². The van der Waals surface area contributed by atoms with E-state index in [4.69, 9.17) is 14.6 Å². The summed E-state index contributed by atoms with van der Waals surface area (Å²) >= 11 is 1.67. The van der Waals surface area contributed by atoms with Crippen molar-refractivity contribution in [1.82, 2.24) is 0 Å². The number of ether oxygens (including phenoxy) is 2. The first-order chi connectivity index (χ1) is 7.77. The third-order valence-electron chi connectivity index (χ3n) is 1.82. The number of carboxylic acids is 1. The molecule has 0 amide bonds. The first-order valence-electron chi connectivity index (χ1n) is 5.72. The third-order valence-corrected chi connectivity index (χ3v) is 2.89. The molecule has 0 aliphatic rings. The first-order valence-corrected chi connectivity index (χ1v) is 6.88. The lowest BCUT2D eigenvalue weighted by Gasteiger charge is -2.04. The predicted molar refractivity (Wildman–Crippen MR) is 66.1 cm³/mol. The van der Waals surface area contributed by atoms with E-state index in [1.54, 1.807) is 11.8 Å². The fourth-order valence-corrected chi connectivity index (χ4v) is 1.88. The molecule has 96 valence electrons. The maximum atomic E-state index is 10.2. The molecule has 0 saturated heterocycles. The van der Waals surface area contributed by atoms with Gasteiger partial charge in [0.2, 0.25) is 0 Å². The van der Waals surface area contributed by atoms with Gasteiger partial charge in [0.15, 0.2) is 0 Å². The van der Waals surface area contributed by atoms with Crippen molar-refractivity contribution in [3.8, 4) is 0 Å². The molecule has 0 bridgehead atoms. The summed E-state index contributed by atoms with van der Waals surface area (Å²) in [4.78, 5) is 10.2. The molecule has 5 heteroatoms. The largest absolute Gasteiger partial charge is 0.481 e. The summed E-state index contributed by atoms with van der Waals surface area (Å²) in [6.07, 6.45) is 2.18. The molecule has 0 atom stereocenters. The molecule has 0 unspecified atom stereocenters. The van der Waals surface area contributed by atoms with Crippen LogP contribution in [-0.2, 0) is 14.3 Å². The average molecular weight is 250 g/mol. The van der Waals surface area contributed by atoms with Gasteiger partial charge in [-0.15, -0.1) is 0 Å². The zero-order valence-electron chi connectivity index (χ0n) is 9.94. The standard InChI is InChI=1S/C11H22O4S/c1-2-14-6-3-7-15-8-4-9-16-10-5-11(12)13/h2-10H2,1H3,(H,12,13). The van der Waals surface area contributed by atoms with Gasteiger partial charge in [-0.3, -0.25) is 4.79 Å². The second-order valence-electron chi connectivity index (χ2n) is 3.27. The number of hydrogen-bond donors (Lipinski definition) is 1. The van der Waals surface area contributed by atoms with Crippen molar-refractivity contribution in [2.24, 2.45) is 0 Å². The van der Waals surface area contributed by atoms with Crippen LogP contribution in [0.15, 0.2) is 0 Å². The topological polar surface area (TPSA) is 55.8 Å². The number of carboxylic acid groups (broad SMARTS) is 1. The Morgan fingerprint density at radius 3 is 2.50 bits per heavy atom. The smallest absolute Gasteiger partial charge is 0.304 e. The molecule has 0 aliphatic heterocycles. The summed E-state index contributed by atoms with van der Waals surface area (Å²) in [7, 11) is 0. The van der Waals surface area contributed by atoms with Gasteiger partial charge >= 0.3 is 5.97 Å². The van der Waals surface area contributed by atoms with Crippen LogP contribution in [0.25, 0.3) is 0 Å². The minimum absolute atomic E-state index is 0.250. The summed E-state index contributed by atoms with van der Waals surface area (Å²) in [5.74, 6) is 0.943. The monoisotopic (exact) mass is 250 g/mol. The Hall–Kier alpha value is -0.260. The Morgan fingerprint density at radius 2 is 1.81 bits per heavy atom. The molecule has 0 aromatic carbocycles. The Kier molecular flexibility index (Phi) is 12.6. The predicted octanol–water partition coefficient (Wildman–Crippen LogP) is 2.03. The van der Waals surface area contributed by atoms with Crippen LogP contribution >= 0.6 is 11.8 Å². The first kappa shape index (κ1) is 15.7. The number of thioether (sulfide) groups is 1. The van der Waals surface area contributed by atoms with E-state index in [1.807, 2.05) is 6.92 Å². The average Bonchev–Trinajstić information content (AvgIpc) is 2.25. The van der Waals surface area contributed by atoms with Crippen molar-refractivity contribution in [3.05, 3.63) is 0 Å².